The molecule has 2 rings (SSSR count). The molecule has 3 atom stereocenters. The average molecular weight is 229 g/mol. The minimum atomic E-state index is -0.333. The van der Waals surface area contributed by atoms with Crippen LogP contribution in [0.5, 0.6) is 0 Å². The van der Waals surface area contributed by atoms with E-state index >= 15 is 0 Å². The molecule has 1 aliphatic heterocycles. The van der Waals surface area contributed by atoms with Crippen LogP contribution >= 0.6 is 11.6 Å². The minimum Gasteiger partial charge on any atom is -0.394 e. The zero-order chi connectivity index (χ0) is 10.8. The van der Waals surface area contributed by atoms with Gasteiger partial charge in [-0.25, -0.2) is 0 Å². The van der Waals surface area contributed by atoms with Gasteiger partial charge in [-0.2, -0.15) is 0 Å². The van der Waals surface area contributed by atoms with Gasteiger partial charge in [0.05, 0.1) is 6.61 Å². The Bertz CT molecular complexity index is 342. The number of hydrogen-bond acceptors (Lipinski definition) is 3. The van der Waals surface area contributed by atoms with Crippen LogP contribution in [0, 0.1) is 0 Å². The highest BCUT2D eigenvalue weighted by Gasteiger charge is 2.35. The summed E-state index contributed by atoms with van der Waals surface area (Å²) in [5.41, 5.74) is 0.863. The Hall–Kier alpha value is -0.610. The first kappa shape index (κ1) is 10.9. The quantitative estimate of drug-likeness (QED) is 0.843. The lowest BCUT2D eigenvalue weighted by atomic mass is 10.1. The van der Waals surface area contributed by atoms with Crippen LogP contribution < -0.4 is 0 Å². The van der Waals surface area contributed by atoms with Gasteiger partial charge in [0.1, 0.15) is 12.2 Å². The van der Waals surface area contributed by atoms with Crippen LogP contribution in [-0.4, -0.2) is 24.1 Å². The Kier molecular flexibility index (Phi) is 3.26. The van der Waals surface area contributed by atoms with E-state index < -0.39 is 0 Å². The van der Waals surface area contributed by atoms with Gasteiger partial charge < -0.3 is 14.6 Å². The molecule has 1 aromatic rings. The van der Waals surface area contributed by atoms with Gasteiger partial charge in [0.25, 0.3) is 0 Å². The minimum absolute atomic E-state index is 0.0692. The molecule has 3 nitrogen and oxygen atoms in total. The largest absolute Gasteiger partial charge is 0.394 e. The predicted octanol–water partition coefficient (Wildman–Crippen LogP) is 2.13. The summed E-state index contributed by atoms with van der Waals surface area (Å²) >= 11 is 6.06. The molecule has 1 aromatic carbocycles. The fraction of sp³-hybridized carbons (Fsp3) is 0.455. The number of aliphatic hydroxyl groups excluding tert-OH is 1. The normalized spacial score (nSPS) is 30.7. The maximum absolute atomic E-state index is 9.16. The molecular formula is C11H13ClO3. The monoisotopic (exact) mass is 228 g/mol. The molecule has 0 radical (unpaired) electrons. The van der Waals surface area contributed by atoms with Gasteiger partial charge in [-0.15, -0.1) is 0 Å². The van der Waals surface area contributed by atoms with E-state index in [-0.39, 0.29) is 25.1 Å². The molecule has 0 saturated carbocycles. The molecule has 0 amide bonds. The summed E-state index contributed by atoms with van der Waals surface area (Å²) in [5, 5.41) is 9.80. The first-order valence-corrected chi connectivity index (χ1v) is 5.26. The second-order valence-electron chi connectivity index (χ2n) is 3.50. The molecule has 1 aliphatic rings. The smallest absolute Gasteiger partial charge is 0.156 e. The zero-order valence-electron chi connectivity index (χ0n) is 8.39. The molecule has 1 saturated heterocycles. The topological polar surface area (TPSA) is 38.7 Å². The second kappa shape index (κ2) is 4.49. The van der Waals surface area contributed by atoms with Crippen molar-refractivity contribution in [3.8, 4) is 0 Å². The van der Waals surface area contributed by atoms with Crippen molar-refractivity contribution in [3.05, 3.63) is 34.9 Å². The number of hydrogen-bond donors (Lipinski definition) is 1. The molecule has 0 spiro atoms. The van der Waals surface area contributed by atoms with Crippen molar-refractivity contribution in [1.29, 1.82) is 0 Å². The van der Waals surface area contributed by atoms with Crippen molar-refractivity contribution < 1.29 is 14.6 Å². The standard InChI is InChI=1S/C11H13ClO3/c1-7-14-10(6-13)11(15-7)8-4-2-3-5-9(8)12/h2-5,7,10-11,13H,6H2,1H3/t7-,10+,11+/m0/s1. The predicted molar refractivity (Wildman–Crippen MR) is 56.7 cm³/mol. The van der Waals surface area contributed by atoms with Crippen molar-refractivity contribution >= 4 is 11.6 Å². The van der Waals surface area contributed by atoms with E-state index in [0.29, 0.717) is 5.02 Å². The molecule has 0 aliphatic carbocycles. The summed E-state index contributed by atoms with van der Waals surface area (Å²) in [5.74, 6) is 0. The van der Waals surface area contributed by atoms with Crippen molar-refractivity contribution in [2.45, 2.75) is 25.4 Å². The van der Waals surface area contributed by atoms with Crippen LogP contribution in [0.1, 0.15) is 18.6 Å². The van der Waals surface area contributed by atoms with E-state index in [0.717, 1.165) is 5.56 Å². The van der Waals surface area contributed by atoms with E-state index in [1.807, 2.05) is 18.2 Å². The summed E-state index contributed by atoms with van der Waals surface area (Å²) in [6.45, 7) is 1.74. The van der Waals surface area contributed by atoms with Crippen molar-refractivity contribution in [3.63, 3.8) is 0 Å². The lowest BCUT2D eigenvalue weighted by molar-refractivity contribution is -0.0563. The summed E-state index contributed by atoms with van der Waals surface area (Å²) in [6, 6.07) is 7.44. The van der Waals surface area contributed by atoms with Crippen LogP contribution in [0.2, 0.25) is 5.02 Å². The zero-order valence-corrected chi connectivity index (χ0v) is 9.15. The maximum atomic E-state index is 9.16. The number of aliphatic hydroxyl groups is 1. The first-order valence-electron chi connectivity index (χ1n) is 4.88. The van der Waals surface area contributed by atoms with Gasteiger partial charge >= 0.3 is 0 Å². The first-order chi connectivity index (χ1) is 7.22. The van der Waals surface area contributed by atoms with Gasteiger partial charge in [-0.05, 0) is 13.0 Å². The average Bonchev–Trinajstić information content (AvgIpc) is 2.60. The highest BCUT2D eigenvalue weighted by molar-refractivity contribution is 6.31. The van der Waals surface area contributed by atoms with E-state index in [2.05, 4.69) is 0 Å². The lowest BCUT2D eigenvalue weighted by Crippen LogP contribution is -2.19. The summed E-state index contributed by atoms with van der Waals surface area (Å²) < 4.78 is 11.0. The van der Waals surface area contributed by atoms with Gasteiger partial charge in [0, 0.05) is 10.6 Å². The van der Waals surface area contributed by atoms with Crippen LogP contribution in [-0.2, 0) is 9.47 Å². The van der Waals surface area contributed by atoms with E-state index in [1.165, 1.54) is 0 Å². The van der Waals surface area contributed by atoms with Crippen molar-refractivity contribution in [1.82, 2.24) is 0 Å². The molecule has 4 heteroatoms. The Morgan fingerprint density at radius 3 is 2.73 bits per heavy atom. The molecule has 15 heavy (non-hydrogen) atoms. The Morgan fingerprint density at radius 2 is 2.07 bits per heavy atom. The second-order valence-corrected chi connectivity index (χ2v) is 3.91. The molecule has 1 fully saturated rings. The molecule has 0 aromatic heterocycles. The third-order valence-electron chi connectivity index (χ3n) is 2.43. The van der Waals surface area contributed by atoms with E-state index in [4.69, 9.17) is 26.2 Å². The van der Waals surface area contributed by atoms with Crippen molar-refractivity contribution in [2.75, 3.05) is 6.61 Å². The van der Waals surface area contributed by atoms with E-state index in [9.17, 15) is 0 Å². The Balaban J connectivity index is 2.26. The van der Waals surface area contributed by atoms with Crippen LogP contribution in [0.3, 0.4) is 0 Å². The molecule has 0 bridgehead atoms. The fourth-order valence-electron chi connectivity index (χ4n) is 1.76. The van der Waals surface area contributed by atoms with Gasteiger partial charge in [-0.1, -0.05) is 29.8 Å². The van der Waals surface area contributed by atoms with Crippen LogP contribution in [0.15, 0.2) is 24.3 Å². The molecule has 1 N–H and O–H groups in total. The van der Waals surface area contributed by atoms with Gasteiger partial charge in [-0.3, -0.25) is 0 Å². The Labute approximate surface area is 93.6 Å². The highest BCUT2D eigenvalue weighted by Crippen LogP contribution is 2.35. The summed E-state index contributed by atoms with van der Waals surface area (Å²) in [6.07, 6.45) is -0.915. The van der Waals surface area contributed by atoms with Crippen LogP contribution in [0.25, 0.3) is 0 Å². The fourth-order valence-corrected chi connectivity index (χ4v) is 2.01. The molecule has 82 valence electrons. The van der Waals surface area contributed by atoms with E-state index in [1.54, 1.807) is 13.0 Å². The summed E-state index contributed by atoms with van der Waals surface area (Å²) in [4.78, 5) is 0. The van der Waals surface area contributed by atoms with Crippen LogP contribution in [0.4, 0.5) is 0 Å². The number of ether oxygens (including phenoxy) is 2. The maximum Gasteiger partial charge on any atom is 0.156 e. The van der Waals surface area contributed by atoms with Gasteiger partial charge in [0.2, 0.25) is 0 Å². The number of benzene rings is 1. The van der Waals surface area contributed by atoms with Gasteiger partial charge in [0.15, 0.2) is 6.29 Å². The Morgan fingerprint density at radius 1 is 1.33 bits per heavy atom. The number of halogens is 1. The SMILES string of the molecule is C[C@@H]1O[C@H](c2ccccc2Cl)[C@@H](CO)O1. The molecule has 0 unspecified atom stereocenters. The third kappa shape index (κ3) is 2.16. The van der Waals surface area contributed by atoms with Crippen molar-refractivity contribution in [2.24, 2.45) is 0 Å². The number of rotatable bonds is 2. The summed E-state index contributed by atoms with van der Waals surface area (Å²) in [7, 11) is 0. The third-order valence-corrected chi connectivity index (χ3v) is 2.78. The highest BCUT2D eigenvalue weighted by atomic mass is 35.5. The molecule has 1 heterocycles. The molecular weight excluding hydrogens is 216 g/mol. The lowest BCUT2D eigenvalue weighted by Gasteiger charge is -2.15.